The van der Waals surface area contributed by atoms with Crippen LogP contribution < -0.4 is 4.74 Å². The number of hydrogen-bond acceptors (Lipinski definition) is 4. The van der Waals surface area contributed by atoms with E-state index >= 15 is 0 Å². The number of aromatic nitrogens is 4. The molecule has 0 fully saturated rings. The van der Waals surface area contributed by atoms with Crippen molar-refractivity contribution >= 4 is 17.0 Å². The van der Waals surface area contributed by atoms with Crippen molar-refractivity contribution in [2.45, 2.75) is 12.0 Å². The Labute approximate surface area is 289 Å². The molecule has 0 bridgehead atoms. The number of nitrogens with zero attached hydrogens (tertiary/aromatic N) is 4. The minimum Gasteiger partial charge on any atom is -0.484 e. The quantitative estimate of drug-likeness (QED) is 0.187. The molecule has 2 atom stereocenters. The Morgan fingerprint density at radius 1 is 0.500 bits per heavy atom. The van der Waals surface area contributed by atoms with Crippen LogP contribution in [-0.2, 0) is 0 Å². The van der Waals surface area contributed by atoms with Crippen LogP contribution in [-0.4, -0.2) is 19.5 Å². The van der Waals surface area contributed by atoms with Crippen LogP contribution in [0.2, 0.25) is 0 Å². The normalized spacial score (nSPS) is 15.7. The number of benzene rings is 6. The summed E-state index contributed by atoms with van der Waals surface area (Å²) < 4.78 is 9.22. The number of ether oxygens (including phenoxy) is 1. The zero-order chi connectivity index (χ0) is 33.0. The molecule has 0 saturated heterocycles. The smallest absolute Gasteiger partial charge is 0.164 e. The number of rotatable bonds is 5. The third-order valence-electron chi connectivity index (χ3n) is 9.82. The Bertz CT molecular complexity index is 2520. The summed E-state index contributed by atoms with van der Waals surface area (Å²) in [6.07, 6.45) is 4.43. The molecule has 0 radical (unpaired) electrons. The summed E-state index contributed by atoms with van der Waals surface area (Å²) in [5, 5.41) is 1.21. The minimum absolute atomic E-state index is 0.0522. The molecule has 10 rings (SSSR count). The van der Waals surface area contributed by atoms with Crippen LogP contribution in [0.25, 0.3) is 68.0 Å². The van der Waals surface area contributed by atoms with Crippen LogP contribution in [0.1, 0.15) is 28.8 Å². The van der Waals surface area contributed by atoms with Crippen molar-refractivity contribution in [3.63, 3.8) is 0 Å². The Morgan fingerprint density at radius 2 is 1.10 bits per heavy atom. The fourth-order valence-corrected chi connectivity index (χ4v) is 7.49. The predicted octanol–water partition coefficient (Wildman–Crippen LogP) is 10.7. The van der Waals surface area contributed by atoms with Crippen molar-refractivity contribution in [2.24, 2.45) is 0 Å². The lowest BCUT2D eigenvalue weighted by atomic mass is 9.85. The van der Waals surface area contributed by atoms with E-state index in [0.717, 1.165) is 39.4 Å². The van der Waals surface area contributed by atoms with E-state index in [1.807, 2.05) is 60.7 Å². The lowest BCUT2D eigenvalue weighted by Crippen LogP contribution is -2.13. The molecule has 8 aromatic rings. The van der Waals surface area contributed by atoms with Gasteiger partial charge >= 0.3 is 0 Å². The molecule has 5 heteroatoms. The molecule has 1 aliphatic carbocycles. The van der Waals surface area contributed by atoms with Crippen molar-refractivity contribution in [3.05, 3.63) is 181 Å². The third kappa shape index (κ3) is 4.66. The molecule has 2 aromatic heterocycles. The molecule has 1 aliphatic heterocycles. The van der Waals surface area contributed by atoms with Crippen LogP contribution in [0.5, 0.6) is 5.75 Å². The molecule has 2 unspecified atom stereocenters. The first-order chi connectivity index (χ1) is 24.8. The van der Waals surface area contributed by atoms with Crippen LogP contribution in [0.3, 0.4) is 0 Å². The van der Waals surface area contributed by atoms with E-state index in [-0.39, 0.29) is 12.0 Å². The summed E-state index contributed by atoms with van der Waals surface area (Å²) in [7, 11) is 0. The van der Waals surface area contributed by atoms with E-state index in [0.29, 0.717) is 17.5 Å². The van der Waals surface area contributed by atoms with E-state index < -0.39 is 0 Å². The summed E-state index contributed by atoms with van der Waals surface area (Å²) in [5.74, 6) is 2.88. The molecule has 3 heterocycles. The van der Waals surface area contributed by atoms with Gasteiger partial charge in [-0.2, -0.15) is 0 Å². The van der Waals surface area contributed by atoms with Crippen LogP contribution >= 0.6 is 0 Å². The zero-order valence-electron chi connectivity index (χ0n) is 27.0. The van der Waals surface area contributed by atoms with Gasteiger partial charge in [-0.05, 0) is 53.6 Å². The van der Waals surface area contributed by atoms with Crippen molar-refractivity contribution in [3.8, 4) is 56.7 Å². The number of para-hydroxylation sites is 1. The maximum Gasteiger partial charge on any atom is 0.164 e. The molecular formula is C45H30N4O. The second-order valence-electron chi connectivity index (χ2n) is 12.8. The van der Waals surface area contributed by atoms with Gasteiger partial charge in [0, 0.05) is 44.8 Å². The van der Waals surface area contributed by atoms with E-state index in [2.05, 4.69) is 114 Å². The molecule has 6 aromatic carbocycles. The lowest BCUT2D eigenvalue weighted by Gasteiger charge is -2.22. The van der Waals surface area contributed by atoms with Crippen LogP contribution in [0.4, 0.5) is 0 Å². The summed E-state index contributed by atoms with van der Waals surface area (Å²) in [5.41, 5.74) is 11.0. The monoisotopic (exact) mass is 642 g/mol. The van der Waals surface area contributed by atoms with Gasteiger partial charge in [-0.3, -0.25) is 0 Å². The Kier molecular flexibility index (Phi) is 6.56. The highest BCUT2D eigenvalue weighted by Crippen LogP contribution is 2.53. The summed E-state index contributed by atoms with van der Waals surface area (Å²) >= 11 is 0. The second kappa shape index (κ2) is 11.5. The fourth-order valence-electron chi connectivity index (χ4n) is 7.49. The van der Waals surface area contributed by atoms with Gasteiger partial charge in [-0.15, -0.1) is 0 Å². The van der Waals surface area contributed by atoms with Gasteiger partial charge in [0.1, 0.15) is 11.9 Å². The molecule has 0 N–H and O–H groups in total. The van der Waals surface area contributed by atoms with Crippen molar-refractivity contribution < 1.29 is 4.74 Å². The van der Waals surface area contributed by atoms with Crippen molar-refractivity contribution in [1.29, 1.82) is 0 Å². The fraction of sp³-hybridized carbons (Fsp3) is 0.0444. The molecule has 0 saturated carbocycles. The van der Waals surface area contributed by atoms with E-state index in [4.69, 9.17) is 19.7 Å². The molecule has 0 spiro atoms. The van der Waals surface area contributed by atoms with Gasteiger partial charge in [0.25, 0.3) is 0 Å². The first-order valence-corrected chi connectivity index (χ1v) is 16.9. The highest BCUT2D eigenvalue weighted by Gasteiger charge is 2.40. The summed E-state index contributed by atoms with van der Waals surface area (Å²) in [4.78, 5) is 14.9. The second-order valence-corrected chi connectivity index (χ2v) is 12.8. The van der Waals surface area contributed by atoms with E-state index in [9.17, 15) is 0 Å². The highest BCUT2D eigenvalue weighted by atomic mass is 16.5. The molecular weight excluding hydrogens is 613 g/mol. The van der Waals surface area contributed by atoms with Crippen LogP contribution in [0.15, 0.2) is 164 Å². The summed E-state index contributed by atoms with van der Waals surface area (Å²) in [6, 6.07) is 54.5. The van der Waals surface area contributed by atoms with Gasteiger partial charge in [-0.25, -0.2) is 15.0 Å². The van der Waals surface area contributed by atoms with Gasteiger partial charge in [0.2, 0.25) is 0 Å². The Hall–Kier alpha value is -6.59. The van der Waals surface area contributed by atoms with Gasteiger partial charge in [0.05, 0.1) is 11.2 Å². The van der Waals surface area contributed by atoms with Crippen molar-refractivity contribution in [2.75, 3.05) is 0 Å². The minimum atomic E-state index is -0.151. The molecule has 5 nitrogen and oxygen atoms in total. The van der Waals surface area contributed by atoms with E-state index in [1.165, 1.54) is 27.6 Å². The highest BCUT2D eigenvalue weighted by molar-refractivity contribution is 5.92. The lowest BCUT2D eigenvalue weighted by molar-refractivity contribution is 0.224. The topological polar surface area (TPSA) is 52.8 Å². The van der Waals surface area contributed by atoms with Crippen molar-refractivity contribution in [1.82, 2.24) is 19.5 Å². The SMILES string of the molecule is C1=CC2c3cc(-c4nc(-c5ccccc5)nc(-c5ccccc5)n4)ccc3OC2c2c1n(-c1cccc(-c3ccccc3)c1)c1ccccc21. The maximum absolute atomic E-state index is 6.85. The molecule has 50 heavy (non-hydrogen) atoms. The molecule has 0 amide bonds. The maximum atomic E-state index is 6.85. The molecule has 2 aliphatic rings. The third-order valence-corrected chi connectivity index (χ3v) is 9.82. The largest absolute Gasteiger partial charge is 0.484 e. The predicted molar refractivity (Wildman–Crippen MR) is 200 cm³/mol. The molecule has 236 valence electrons. The average Bonchev–Trinajstić information content (AvgIpc) is 3.74. The summed E-state index contributed by atoms with van der Waals surface area (Å²) in [6.45, 7) is 0. The zero-order valence-corrected chi connectivity index (χ0v) is 27.0. The standard InChI is InChI=1S/C45H30N4O/c1-4-13-29(14-5-1)32-19-12-20-34(27-32)49-38-22-11-10-21-36(38)41-39(49)25-24-35-37-28-33(23-26-40(37)50-42(35)41)45-47-43(30-15-6-2-7-16-30)46-44(48-45)31-17-8-3-9-18-31/h1-28,35,42H. The van der Waals surface area contributed by atoms with Gasteiger partial charge < -0.3 is 9.30 Å². The first kappa shape index (κ1) is 28.4. The Morgan fingerprint density at radius 3 is 1.80 bits per heavy atom. The Balaban J connectivity index is 1.07. The van der Waals surface area contributed by atoms with Gasteiger partial charge in [-0.1, -0.05) is 127 Å². The first-order valence-electron chi connectivity index (χ1n) is 16.9. The van der Waals surface area contributed by atoms with Crippen LogP contribution in [0, 0.1) is 0 Å². The van der Waals surface area contributed by atoms with Gasteiger partial charge in [0.15, 0.2) is 17.5 Å². The van der Waals surface area contributed by atoms with E-state index in [1.54, 1.807) is 0 Å². The number of fused-ring (bicyclic) bond motifs is 7. The number of hydrogen-bond donors (Lipinski definition) is 0. The average molecular weight is 643 g/mol.